The Labute approximate surface area is 191 Å². The Morgan fingerprint density at radius 2 is 1.79 bits per heavy atom. The summed E-state index contributed by atoms with van der Waals surface area (Å²) in [4.78, 5) is 53.1. The summed E-state index contributed by atoms with van der Waals surface area (Å²) in [7, 11) is 0. The number of hydrogen-bond donors (Lipinski definition) is 1. The van der Waals surface area contributed by atoms with E-state index in [9.17, 15) is 24.5 Å². The van der Waals surface area contributed by atoms with Crippen LogP contribution in [0.1, 0.15) is 68.6 Å². The van der Waals surface area contributed by atoms with Crippen molar-refractivity contribution >= 4 is 29.1 Å². The number of nitrogens with one attached hydrogen (secondary N) is 1. The molecule has 0 radical (unpaired) electrons. The monoisotopic (exact) mass is 457 g/mol. The predicted octanol–water partition coefficient (Wildman–Crippen LogP) is 3.75. The van der Waals surface area contributed by atoms with Gasteiger partial charge in [0.25, 0.3) is 5.69 Å². The molecule has 33 heavy (non-hydrogen) atoms. The van der Waals surface area contributed by atoms with Crippen molar-refractivity contribution in [3.05, 3.63) is 56.4 Å². The van der Waals surface area contributed by atoms with E-state index < -0.39 is 29.3 Å². The van der Waals surface area contributed by atoms with Gasteiger partial charge in [0.05, 0.1) is 28.4 Å². The molecule has 0 spiro atoms. The van der Waals surface area contributed by atoms with Crippen molar-refractivity contribution < 1.29 is 28.8 Å². The van der Waals surface area contributed by atoms with Gasteiger partial charge in [-0.25, -0.2) is 9.59 Å². The number of benzene rings is 1. The maximum atomic E-state index is 12.6. The van der Waals surface area contributed by atoms with E-state index in [0.29, 0.717) is 16.9 Å². The molecule has 10 nitrogen and oxygen atoms in total. The fourth-order valence-electron chi connectivity index (χ4n) is 4.02. The fraction of sp³-hybridized carbons (Fsp3) is 0.435. The van der Waals surface area contributed by atoms with E-state index in [1.165, 1.54) is 12.1 Å². The first-order chi connectivity index (χ1) is 15.7. The number of aromatic nitrogens is 1. The number of carbonyl (C=O) groups is 3. The van der Waals surface area contributed by atoms with Crippen molar-refractivity contribution in [1.29, 1.82) is 0 Å². The maximum Gasteiger partial charge on any atom is 0.340 e. The lowest BCUT2D eigenvalue weighted by atomic mass is 10.1. The lowest BCUT2D eigenvalue weighted by Crippen LogP contribution is -2.30. The minimum Gasteiger partial charge on any atom is -0.462 e. The van der Waals surface area contributed by atoms with Crippen LogP contribution in [-0.2, 0) is 9.47 Å². The van der Waals surface area contributed by atoms with Crippen molar-refractivity contribution in [2.24, 2.45) is 0 Å². The van der Waals surface area contributed by atoms with Crippen LogP contribution in [0, 0.1) is 24.0 Å². The molecule has 176 valence electrons. The largest absolute Gasteiger partial charge is 0.462 e. The zero-order valence-corrected chi connectivity index (χ0v) is 18.9. The van der Waals surface area contributed by atoms with Gasteiger partial charge in [0, 0.05) is 24.8 Å². The molecule has 1 N–H and O–H groups in total. The Hall–Kier alpha value is -3.69. The molecule has 0 unspecified atom stereocenters. The Kier molecular flexibility index (Phi) is 7.47. The number of nitrogens with zero attached hydrogens (tertiary/aromatic N) is 2. The van der Waals surface area contributed by atoms with Gasteiger partial charge in [0.2, 0.25) is 5.78 Å². The Morgan fingerprint density at radius 1 is 1.09 bits per heavy atom. The molecule has 0 atom stereocenters. The minimum absolute atomic E-state index is 0.0122. The van der Waals surface area contributed by atoms with Gasteiger partial charge >= 0.3 is 11.9 Å². The Morgan fingerprint density at radius 3 is 2.42 bits per heavy atom. The smallest absolute Gasteiger partial charge is 0.340 e. The van der Waals surface area contributed by atoms with Crippen molar-refractivity contribution in [3.8, 4) is 0 Å². The molecule has 1 aliphatic heterocycles. The van der Waals surface area contributed by atoms with E-state index in [1.54, 1.807) is 26.8 Å². The lowest BCUT2D eigenvalue weighted by Gasteiger charge is -2.28. The summed E-state index contributed by atoms with van der Waals surface area (Å²) in [6.45, 7) is 6.00. The van der Waals surface area contributed by atoms with E-state index in [2.05, 4.69) is 4.98 Å². The zero-order valence-electron chi connectivity index (χ0n) is 18.9. The van der Waals surface area contributed by atoms with Crippen molar-refractivity contribution in [2.75, 3.05) is 31.2 Å². The molecule has 1 aromatic carbocycles. The summed E-state index contributed by atoms with van der Waals surface area (Å²) in [6.07, 6.45) is 3.00. The van der Waals surface area contributed by atoms with Crippen LogP contribution in [0.2, 0.25) is 0 Å². The van der Waals surface area contributed by atoms with Crippen LogP contribution in [0.4, 0.5) is 11.4 Å². The highest BCUT2D eigenvalue weighted by Crippen LogP contribution is 2.31. The molecule has 2 heterocycles. The number of ether oxygens (including phenoxy) is 2. The minimum atomic E-state index is -0.844. The lowest BCUT2D eigenvalue weighted by molar-refractivity contribution is -0.384. The molecule has 0 bridgehead atoms. The highest BCUT2D eigenvalue weighted by atomic mass is 16.6. The molecule has 1 saturated heterocycles. The topological polar surface area (TPSA) is 132 Å². The average molecular weight is 457 g/mol. The van der Waals surface area contributed by atoms with E-state index in [4.69, 9.17) is 9.47 Å². The number of anilines is 1. The number of nitro benzene ring substituents is 1. The first kappa shape index (κ1) is 24.0. The van der Waals surface area contributed by atoms with Gasteiger partial charge in [-0.1, -0.05) is 0 Å². The number of rotatable bonds is 8. The number of aromatic amines is 1. The quantitative estimate of drug-likeness (QED) is 0.274. The molecule has 2 aromatic rings. The van der Waals surface area contributed by atoms with Crippen LogP contribution in [0.15, 0.2) is 18.2 Å². The Bertz CT molecular complexity index is 1080. The second-order valence-corrected chi connectivity index (χ2v) is 7.85. The van der Waals surface area contributed by atoms with Crippen LogP contribution < -0.4 is 4.90 Å². The molecule has 0 amide bonds. The predicted molar refractivity (Wildman–Crippen MR) is 120 cm³/mol. The van der Waals surface area contributed by atoms with E-state index >= 15 is 0 Å². The molecular weight excluding hydrogens is 430 g/mol. The van der Waals surface area contributed by atoms with E-state index in [1.807, 2.05) is 4.90 Å². The van der Waals surface area contributed by atoms with Crippen LogP contribution >= 0.6 is 0 Å². The summed E-state index contributed by atoms with van der Waals surface area (Å²) < 4.78 is 10.1. The second-order valence-electron chi connectivity index (χ2n) is 7.85. The van der Waals surface area contributed by atoms with Crippen LogP contribution in [-0.4, -0.2) is 53.9 Å². The van der Waals surface area contributed by atoms with Crippen LogP contribution in [0.5, 0.6) is 0 Å². The van der Waals surface area contributed by atoms with Crippen LogP contribution in [0.25, 0.3) is 0 Å². The molecule has 10 heteroatoms. The Balaban J connectivity index is 1.72. The third-order valence-corrected chi connectivity index (χ3v) is 5.63. The highest BCUT2D eigenvalue weighted by molar-refractivity contribution is 6.03. The summed E-state index contributed by atoms with van der Waals surface area (Å²) in [6, 6.07) is 4.19. The average Bonchev–Trinajstić information content (AvgIpc) is 3.11. The number of hydrogen-bond acceptors (Lipinski definition) is 8. The number of Topliss-reactive ketones (excluding diaryl/α,β-unsaturated/α-hetero) is 1. The van der Waals surface area contributed by atoms with Crippen molar-refractivity contribution in [2.45, 2.75) is 40.0 Å². The highest BCUT2D eigenvalue weighted by Gasteiger charge is 2.26. The number of aryl methyl sites for hydroxylation is 1. The van der Waals surface area contributed by atoms with E-state index in [0.717, 1.165) is 32.4 Å². The molecule has 1 aromatic heterocycles. The number of ketones is 1. The number of carbonyl (C=O) groups excluding carboxylic acids is 3. The van der Waals surface area contributed by atoms with Gasteiger partial charge in [-0.2, -0.15) is 0 Å². The molecule has 1 fully saturated rings. The number of nitro groups is 1. The van der Waals surface area contributed by atoms with Crippen LogP contribution in [0.3, 0.4) is 0 Å². The molecular formula is C23H27N3O7. The fourth-order valence-corrected chi connectivity index (χ4v) is 4.02. The number of esters is 2. The normalized spacial score (nSPS) is 13.5. The summed E-state index contributed by atoms with van der Waals surface area (Å²) in [5.41, 5.74) is 1.59. The van der Waals surface area contributed by atoms with Gasteiger partial charge in [0.15, 0.2) is 6.61 Å². The van der Waals surface area contributed by atoms with Crippen molar-refractivity contribution in [1.82, 2.24) is 4.98 Å². The molecule has 0 aliphatic carbocycles. The SMILES string of the molecule is CCOC(=O)c1c(C)[nH]c(C(=O)COC(=O)c2ccc(N3CCCCC3)c([N+](=O)[O-])c2)c1C. The number of piperidine rings is 1. The van der Waals surface area contributed by atoms with Crippen molar-refractivity contribution in [3.63, 3.8) is 0 Å². The molecule has 1 aliphatic rings. The van der Waals surface area contributed by atoms with E-state index in [-0.39, 0.29) is 29.1 Å². The third kappa shape index (κ3) is 5.21. The second kappa shape index (κ2) is 10.3. The summed E-state index contributed by atoms with van der Waals surface area (Å²) in [5.74, 6) is -1.91. The van der Waals surface area contributed by atoms with Gasteiger partial charge in [-0.05, 0) is 57.7 Å². The number of H-pyrrole nitrogens is 1. The first-order valence-electron chi connectivity index (χ1n) is 10.8. The third-order valence-electron chi connectivity index (χ3n) is 5.63. The van der Waals surface area contributed by atoms with Gasteiger partial charge in [-0.3, -0.25) is 14.9 Å². The zero-order chi connectivity index (χ0) is 24.1. The first-order valence-corrected chi connectivity index (χ1v) is 10.8. The molecule has 3 rings (SSSR count). The standard InChI is InChI=1S/C23H27N3O7/c1-4-32-23(29)20-14(2)21(24-15(20)3)19(27)13-33-22(28)16-8-9-17(18(12-16)26(30)31)25-10-6-5-7-11-25/h8-9,12,24H,4-7,10-11,13H2,1-3H3. The summed E-state index contributed by atoms with van der Waals surface area (Å²) >= 11 is 0. The van der Waals surface area contributed by atoms with Gasteiger partial charge in [-0.15, -0.1) is 0 Å². The van der Waals surface area contributed by atoms with Gasteiger partial charge < -0.3 is 19.4 Å². The maximum absolute atomic E-state index is 12.6. The van der Waals surface area contributed by atoms with Gasteiger partial charge in [0.1, 0.15) is 5.69 Å². The summed E-state index contributed by atoms with van der Waals surface area (Å²) in [5, 5.41) is 11.6. The molecule has 0 saturated carbocycles.